The van der Waals surface area contributed by atoms with Crippen molar-refractivity contribution in [3.63, 3.8) is 0 Å². The van der Waals surface area contributed by atoms with Gasteiger partial charge in [-0.05, 0) is 43.4 Å². The predicted molar refractivity (Wildman–Crippen MR) is 85.4 cm³/mol. The summed E-state index contributed by atoms with van der Waals surface area (Å²) in [7, 11) is 0. The number of pyridine rings is 1. The van der Waals surface area contributed by atoms with Gasteiger partial charge in [0.25, 0.3) is 5.92 Å². The second-order valence-corrected chi connectivity index (χ2v) is 7.64. The van der Waals surface area contributed by atoms with Crippen molar-refractivity contribution in [1.82, 2.24) is 14.8 Å². The zero-order chi connectivity index (χ0) is 16.8. The third kappa shape index (κ3) is 2.81. The van der Waals surface area contributed by atoms with Crippen LogP contribution >= 0.6 is 0 Å². The number of halogens is 2. The first-order chi connectivity index (χ1) is 11.5. The van der Waals surface area contributed by atoms with Crippen molar-refractivity contribution in [3.05, 3.63) is 30.1 Å². The third-order valence-corrected chi connectivity index (χ3v) is 5.94. The van der Waals surface area contributed by atoms with Gasteiger partial charge in [0, 0.05) is 25.2 Å². The third-order valence-electron chi connectivity index (χ3n) is 5.94. The Morgan fingerprint density at radius 3 is 2.79 bits per heavy atom. The monoisotopic (exact) mass is 335 g/mol. The summed E-state index contributed by atoms with van der Waals surface area (Å²) in [5.74, 6) is -2.80. The Labute approximate surface area is 140 Å². The van der Waals surface area contributed by atoms with Gasteiger partial charge in [-0.15, -0.1) is 0 Å². The molecule has 1 saturated carbocycles. The molecule has 24 heavy (non-hydrogen) atoms. The maximum absolute atomic E-state index is 13.1. The Kier molecular flexibility index (Phi) is 3.82. The first-order valence-electron chi connectivity index (χ1n) is 8.76. The van der Waals surface area contributed by atoms with Gasteiger partial charge in [-0.3, -0.25) is 14.7 Å². The number of carbonyl (C=O) groups excluding carboxylic acids is 1. The molecule has 4 nitrogen and oxygen atoms in total. The second kappa shape index (κ2) is 5.76. The maximum atomic E-state index is 13.1. The molecule has 0 bridgehead atoms. The van der Waals surface area contributed by atoms with E-state index >= 15 is 0 Å². The van der Waals surface area contributed by atoms with E-state index in [0.29, 0.717) is 0 Å². The number of rotatable bonds is 3. The van der Waals surface area contributed by atoms with Crippen LogP contribution in [0.25, 0.3) is 0 Å². The largest absolute Gasteiger partial charge is 0.330 e. The van der Waals surface area contributed by atoms with E-state index in [4.69, 9.17) is 0 Å². The number of carbonyl (C=O) groups is 1. The van der Waals surface area contributed by atoms with E-state index < -0.39 is 19.0 Å². The van der Waals surface area contributed by atoms with Gasteiger partial charge in [-0.2, -0.15) is 0 Å². The molecule has 3 fully saturated rings. The molecule has 3 aliphatic rings. The van der Waals surface area contributed by atoms with Gasteiger partial charge in [0.2, 0.25) is 5.91 Å². The summed E-state index contributed by atoms with van der Waals surface area (Å²) in [4.78, 5) is 20.8. The van der Waals surface area contributed by atoms with Gasteiger partial charge in [0.15, 0.2) is 0 Å². The lowest BCUT2D eigenvalue weighted by Gasteiger charge is -2.42. The summed E-state index contributed by atoms with van der Waals surface area (Å²) in [6.07, 6.45) is 5.69. The molecule has 0 radical (unpaired) electrons. The predicted octanol–water partition coefficient (Wildman–Crippen LogP) is 2.55. The summed E-state index contributed by atoms with van der Waals surface area (Å²) in [5.41, 5.74) is 1.02. The average molecular weight is 335 g/mol. The van der Waals surface area contributed by atoms with Gasteiger partial charge in [-0.1, -0.05) is 12.5 Å². The minimum Gasteiger partial charge on any atom is -0.330 e. The highest BCUT2D eigenvalue weighted by atomic mass is 19.3. The normalized spacial score (nSPS) is 32.2. The molecule has 1 aromatic heterocycles. The number of amides is 1. The second-order valence-electron chi connectivity index (χ2n) is 7.64. The van der Waals surface area contributed by atoms with Crippen LogP contribution in [0.5, 0.6) is 0 Å². The molecule has 0 unspecified atom stereocenters. The van der Waals surface area contributed by atoms with E-state index in [1.165, 1.54) is 4.90 Å². The van der Waals surface area contributed by atoms with Crippen molar-refractivity contribution in [3.8, 4) is 0 Å². The van der Waals surface area contributed by atoms with Crippen LogP contribution in [0, 0.1) is 11.3 Å². The van der Waals surface area contributed by atoms with Crippen molar-refractivity contribution in [1.29, 1.82) is 0 Å². The van der Waals surface area contributed by atoms with Crippen LogP contribution in [0.2, 0.25) is 0 Å². The molecule has 4 rings (SSSR count). The van der Waals surface area contributed by atoms with Crippen LogP contribution in [0.15, 0.2) is 24.4 Å². The van der Waals surface area contributed by atoms with Crippen LogP contribution in [0.1, 0.15) is 31.4 Å². The standard InChI is InChI=1S/C18H23F2N3O/c19-18(20)12-23(13-18)16(24)15-5-3-6-17(15)7-9-22(11-17)10-14-4-1-2-8-21-14/h1-2,4,8,15H,3,5-7,9-13H2/t15-,17-/m1/s1. The fourth-order valence-electron chi connectivity index (χ4n) is 4.74. The van der Waals surface area contributed by atoms with Crippen molar-refractivity contribution in [2.45, 2.75) is 38.2 Å². The smallest absolute Gasteiger partial charge is 0.282 e. The molecule has 130 valence electrons. The first-order valence-corrected chi connectivity index (χ1v) is 8.76. The maximum Gasteiger partial charge on any atom is 0.282 e. The Bertz CT molecular complexity index is 616. The molecule has 1 spiro atoms. The van der Waals surface area contributed by atoms with E-state index in [2.05, 4.69) is 9.88 Å². The molecule has 1 aromatic rings. The molecule has 1 aliphatic carbocycles. The zero-order valence-electron chi connectivity index (χ0n) is 13.8. The van der Waals surface area contributed by atoms with Crippen molar-refractivity contribution in [2.24, 2.45) is 11.3 Å². The molecule has 2 aliphatic heterocycles. The number of alkyl halides is 2. The van der Waals surface area contributed by atoms with E-state index in [9.17, 15) is 13.6 Å². The van der Waals surface area contributed by atoms with Gasteiger partial charge in [-0.25, -0.2) is 8.78 Å². The van der Waals surface area contributed by atoms with Gasteiger partial charge >= 0.3 is 0 Å². The average Bonchev–Trinajstić information content (AvgIpc) is 3.13. The first kappa shape index (κ1) is 15.9. The van der Waals surface area contributed by atoms with Crippen LogP contribution in [-0.2, 0) is 11.3 Å². The summed E-state index contributed by atoms with van der Waals surface area (Å²) < 4.78 is 26.2. The molecule has 0 aromatic carbocycles. The van der Waals surface area contributed by atoms with Gasteiger partial charge in [0.1, 0.15) is 0 Å². The van der Waals surface area contributed by atoms with Crippen LogP contribution < -0.4 is 0 Å². The Hall–Kier alpha value is -1.56. The lowest BCUT2D eigenvalue weighted by Crippen LogP contribution is -2.60. The highest BCUT2D eigenvalue weighted by Gasteiger charge is 2.55. The highest BCUT2D eigenvalue weighted by Crippen LogP contribution is 2.51. The number of nitrogens with zero attached hydrogens (tertiary/aromatic N) is 3. The van der Waals surface area contributed by atoms with E-state index in [1.54, 1.807) is 6.20 Å². The molecule has 3 heterocycles. The number of hydrogen-bond acceptors (Lipinski definition) is 3. The van der Waals surface area contributed by atoms with E-state index in [-0.39, 0.29) is 17.2 Å². The molecule has 1 amide bonds. The van der Waals surface area contributed by atoms with E-state index in [0.717, 1.165) is 51.0 Å². The quantitative estimate of drug-likeness (QED) is 0.852. The summed E-state index contributed by atoms with van der Waals surface area (Å²) in [6, 6.07) is 5.91. The van der Waals surface area contributed by atoms with Gasteiger partial charge in [0.05, 0.1) is 18.8 Å². The zero-order valence-corrected chi connectivity index (χ0v) is 13.8. The molecule has 0 N–H and O–H groups in total. The van der Waals surface area contributed by atoms with Crippen LogP contribution in [0.4, 0.5) is 8.78 Å². The van der Waals surface area contributed by atoms with Crippen LogP contribution in [0.3, 0.4) is 0 Å². The fraction of sp³-hybridized carbons (Fsp3) is 0.667. The number of aromatic nitrogens is 1. The Morgan fingerprint density at radius 2 is 2.08 bits per heavy atom. The summed E-state index contributed by atoms with van der Waals surface area (Å²) >= 11 is 0. The lowest BCUT2D eigenvalue weighted by molar-refractivity contribution is -0.172. The SMILES string of the molecule is O=C([C@H]1CCC[C@]12CCN(Cc1ccccn1)C2)N1CC(F)(F)C1. The molecule has 6 heteroatoms. The summed E-state index contributed by atoms with van der Waals surface area (Å²) in [6.45, 7) is 1.85. The lowest BCUT2D eigenvalue weighted by atomic mass is 9.76. The minimum absolute atomic E-state index is 0.0171. The molecular formula is C18H23F2N3O. The van der Waals surface area contributed by atoms with Gasteiger partial charge < -0.3 is 4.90 Å². The Morgan fingerprint density at radius 1 is 1.25 bits per heavy atom. The highest BCUT2D eigenvalue weighted by molar-refractivity contribution is 5.81. The van der Waals surface area contributed by atoms with Crippen LogP contribution in [-0.4, -0.2) is 52.8 Å². The topological polar surface area (TPSA) is 36.4 Å². The fourth-order valence-corrected chi connectivity index (χ4v) is 4.74. The van der Waals surface area contributed by atoms with Crippen molar-refractivity contribution in [2.75, 3.05) is 26.2 Å². The van der Waals surface area contributed by atoms with Crippen molar-refractivity contribution < 1.29 is 13.6 Å². The summed E-state index contributed by atoms with van der Waals surface area (Å²) in [5, 5.41) is 0. The number of hydrogen-bond donors (Lipinski definition) is 0. The minimum atomic E-state index is -2.68. The van der Waals surface area contributed by atoms with Crippen molar-refractivity contribution >= 4 is 5.91 Å². The molecule has 2 atom stereocenters. The molecule has 2 saturated heterocycles. The van der Waals surface area contributed by atoms with E-state index in [1.807, 2.05) is 18.2 Å². The number of likely N-dealkylation sites (tertiary alicyclic amines) is 2. The Balaban J connectivity index is 1.42. The molecular weight excluding hydrogens is 312 g/mol.